The van der Waals surface area contributed by atoms with Crippen LogP contribution in [0.2, 0.25) is 0 Å². The lowest BCUT2D eigenvalue weighted by atomic mass is 10.1. The Morgan fingerprint density at radius 3 is 2.40 bits per heavy atom. The Hall–Kier alpha value is -2.29. The second-order valence-electron chi connectivity index (χ2n) is 4.66. The first-order chi connectivity index (χ1) is 9.70. The summed E-state index contributed by atoms with van der Waals surface area (Å²) >= 11 is 0. The maximum absolute atomic E-state index is 11.7. The van der Waals surface area contributed by atoms with E-state index in [2.05, 4.69) is 5.32 Å². The van der Waals surface area contributed by atoms with E-state index in [1.807, 2.05) is 61.5 Å². The van der Waals surface area contributed by atoms with Crippen LogP contribution in [0.25, 0.3) is 0 Å². The fourth-order valence-corrected chi connectivity index (χ4v) is 2.01. The van der Waals surface area contributed by atoms with Crippen molar-refractivity contribution in [3.63, 3.8) is 0 Å². The number of aryl methyl sites for hydroxylation is 1. The topological polar surface area (TPSA) is 38.3 Å². The van der Waals surface area contributed by atoms with E-state index in [0.29, 0.717) is 6.42 Å². The molecule has 104 valence electrons. The summed E-state index contributed by atoms with van der Waals surface area (Å²) in [5.74, 6) is 0.776. The Balaban J connectivity index is 2.23. The van der Waals surface area contributed by atoms with Crippen molar-refractivity contribution < 1.29 is 9.53 Å². The van der Waals surface area contributed by atoms with E-state index in [9.17, 15) is 4.79 Å². The van der Waals surface area contributed by atoms with E-state index < -0.39 is 0 Å². The number of nitrogens with one attached hydrogen (secondary N) is 1. The van der Waals surface area contributed by atoms with Crippen LogP contribution in [0.4, 0.5) is 0 Å². The van der Waals surface area contributed by atoms with Crippen LogP contribution >= 0.6 is 0 Å². The zero-order valence-corrected chi connectivity index (χ0v) is 11.8. The molecule has 3 heteroatoms. The molecule has 0 saturated carbocycles. The molecular formula is C17H19NO2. The second kappa shape index (κ2) is 6.75. The van der Waals surface area contributed by atoms with Crippen LogP contribution in [-0.2, 0) is 4.79 Å². The maximum Gasteiger partial charge on any atom is 0.223 e. The molecule has 1 N–H and O–H groups in total. The zero-order valence-electron chi connectivity index (χ0n) is 11.8. The summed E-state index contributed by atoms with van der Waals surface area (Å²) in [4.78, 5) is 11.7. The van der Waals surface area contributed by atoms with Crippen molar-refractivity contribution in [3.8, 4) is 5.75 Å². The molecule has 0 bridgehead atoms. The van der Waals surface area contributed by atoms with Gasteiger partial charge in [-0.25, -0.2) is 0 Å². The Kier molecular flexibility index (Phi) is 4.77. The van der Waals surface area contributed by atoms with Crippen LogP contribution in [0.15, 0.2) is 54.6 Å². The number of carbonyl (C=O) groups is 1. The number of ether oxygens (including phenoxy) is 1. The highest BCUT2D eigenvalue weighted by atomic mass is 16.5. The van der Waals surface area contributed by atoms with Crippen LogP contribution in [-0.4, -0.2) is 13.0 Å². The molecule has 0 spiro atoms. The van der Waals surface area contributed by atoms with Gasteiger partial charge < -0.3 is 10.1 Å². The SMILES string of the molecule is CNC(=O)CC(Oc1ccccc1C)c1ccccc1. The lowest BCUT2D eigenvalue weighted by molar-refractivity contribution is -0.122. The zero-order chi connectivity index (χ0) is 14.4. The van der Waals surface area contributed by atoms with Gasteiger partial charge in [0.05, 0.1) is 6.42 Å². The Bertz CT molecular complexity index is 566. The quantitative estimate of drug-likeness (QED) is 0.904. The fourth-order valence-electron chi connectivity index (χ4n) is 2.01. The van der Waals surface area contributed by atoms with Crippen LogP contribution in [0.1, 0.15) is 23.7 Å². The Morgan fingerprint density at radius 1 is 1.10 bits per heavy atom. The van der Waals surface area contributed by atoms with Gasteiger partial charge in [-0.15, -0.1) is 0 Å². The molecule has 0 heterocycles. The highest BCUT2D eigenvalue weighted by Crippen LogP contribution is 2.27. The lowest BCUT2D eigenvalue weighted by Gasteiger charge is -2.20. The number of hydrogen-bond acceptors (Lipinski definition) is 2. The van der Waals surface area contributed by atoms with Crippen molar-refractivity contribution in [1.82, 2.24) is 5.32 Å². The number of para-hydroxylation sites is 1. The second-order valence-corrected chi connectivity index (χ2v) is 4.66. The number of benzene rings is 2. The molecule has 20 heavy (non-hydrogen) atoms. The molecule has 0 aromatic heterocycles. The van der Waals surface area contributed by atoms with E-state index in [0.717, 1.165) is 16.9 Å². The average molecular weight is 269 g/mol. The van der Waals surface area contributed by atoms with E-state index in [1.165, 1.54) is 0 Å². The first kappa shape index (κ1) is 14.1. The molecule has 0 fully saturated rings. The molecule has 1 atom stereocenters. The van der Waals surface area contributed by atoms with Crippen molar-refractivity contribution in [2.75, 3.05) is 7.05 Å². The smallest absolute Gasteiger partial charge is 0.223 e. The standard InChI is InChI=1S/C17H19NO2/c1-13-8-6-7-11-15(13)20-16(12-17(19)18-2)14-9-4-3-5-10-14/h3-11,16H,12H2,1-2H3,(H,18,19). The predicted octanol–water partition coefficient (Wildman–Crippen LogP) is 3.25. The van der Waals surface area contributed by atoms with Gasteiger partial charge in [0, 0.05) is 7.05 Å². The summed E-state index contributed by atoms with van der Waals surface area (Å²) < 4.78 is 6.04. The molecule has 0 aliphatic carbocycles. The molecule has 2 aromatic carbocycles. The van der Waals surface area contributed by atoms with Gasteiger partial charge in [-0.1, -0.05) is 48.5 Å². The molecule has 2 aromatic rings. The maximum atomic E-state index is 11.7. The summed E-state index contributed by atoms with van der Waals surface area (Å²) in [6.07, 6.45) is 0.0201. The fraction of sp³-hybridized carbons (Fsp3) is 0.235. The van der Waals surface area contributed by atoms with Gasteiger partial charge in [-0.2, -0.15) is 0 Å². The third-order valence-electron chi connectivity index (χ3n) is 3.18. The molecule has 3 nitrogen and oxygen atoms in total. The number of hydrogen-bond donors (Lipinski definition) is 1. The van der Waals surface area contributed by atoms with Crippen molar-refractivity contribution >= 4 is 5.91 Å². The normalized spacial score (nSPS) is 11.7. The van der Waals surface area contributed by atoms with E-state index in [-0.39, 0.29) is 12.0 Å². The van der Waals surface area contributed by atoms with Gasteiger partial charge in [-0.3, -0.25) is 4.79 Å². The highest BCUT2D eigenvalue weighted by molar-refractivity contribution is 5.76. The van der Waals surface area contributed by atoms with Crippen molar-refractivity contribution in [2.24, 2.45) is 0 Å². The van der Waals surface area contributed by atoms with Crippen LogP contribution in [0, 0.1) is 6.92 Å². The lowest BCUT2D eigenvalue weighted by Crippen LogP contribution is -2.23. The highest BCUT2D eigenvalue weighted by Gasteiger charge is 2.17. The molecular weight excluding hydrogens is 250 g/mol. The van der Waals surface area contributed by atoms with Crippen LogP contribution in [0.3, 0.4) is 0 Å². The van der Waals surface area contributed by atoms with Gasteiger partial charge in [-0.05, 0) is 24.1 Å². The number of rotatable bonds is 5. The summed E-state index contributed by atoms with van der Waals surface area (Å²) in [5.41, 5.74) is 2.06. The molecule has 1 amide bonds. The Labute approximate surface area is 119 Å². The van der Waals surface area contributed by atoms with Gasteiger partial charge in [0.1, 0.15) is 11.9 Å². The Morgan fingerprint density at radius 2 is 1.75 bits per heavy atom. The van der Waals surface area contributed by atoms with Crippen molar-refractivity contribution in [2.45, 2.75) is 19.4 Å². The third-order valence-corrected chi connectivity index (χ3v) is 3.18. The first-order valence-electron chi connectivity index (χ1n) is 6.68. The van der Waals surface area contributed by atoms with E-state index in [4.69, 9.17) is 4.74 Å². The molecule has 0 aliphatic rings. The summed E-state index contributed by atoms with van der Waals surface area (Å²) in [7, 11) is 1.64. The van der Waals surface area contributed by atoms with Crippen molar-refractivity contribution in [1.29, 1.82) is 0 Å². The predicted molar refractivity (Wildman–Crippen MR) is 79.7 cm³/mol. The van der Waals surface area contributed by atoms with Gasteiger partial charge in [0.2, 0.25) is 5.91 Å². The third kappa shape index (κ3) is 3.60. The molecule has 1 unspecified atom stereocenters. The van der Waals surface area contributed by atoms with E-state index in [1.54, 1.807) is 7.05 Å². The van der Waals surface area contributed by atoms with Gasteiger partial charge in [0.15, 0.2) is 0 Å². The molecule has 0 radical (unpaired) electrons. The summed E-state index contributed by atoms with van der Waals surface area (Å²) in [6.45, 7) is 2.00. The molecule has 0 saturated heterocycles. The van der Waals surface area contributed by atoms with Crippen LogP contribution < -0.4 is 10.1 Å². The number of carbonyl (C=O) groups excluding carboxylic acids is 1. The minimum atomic E-state index is -0.280. The largest absolute Gasteiger partial charge is 0.485 e. The number of amides is 1. The minimum Gasteiger partial charge on any atom is -0.485 e. The summed E-state index contributed by atoms with van der Waals surface area (Å²) in [5, 5.41) is 2.65. The van der Waals surface area contributed by atoms with Gasteiger partial charge in [0.25, 0.3) is 0 Å². The summed E-state index contributed by atoms with van der Waals surface area (Å²) in [6, 6.07) is 17.6. The van der Waals surface area contributed by atoms with E-state index >= 15 is 0 Å². The average Bonchev–Trinajstić information content (AvgIpc) is 2.49. The monoisotopic (exact) mass is 269 g/mol. The molecule has 2 rings (SSSR count). The van der Waals surface area contributed by atoms with Gasteiger partial charge >= 0.3 is 0 Å². The molecule has 0 aliphatic heterocycles. The first-order valence-corrected chi connectivity index (χ1v) is 6.68. The van der Waals surface area contributed by atoms with Crippen molar-refractivity contribution in [3.05, 3.63) is 65.7 Å². The van der Waals surface area contributed by atoms with Crippen LogP contribution in [0.5, 0.6) is 5.75 Å². The minimum absolute atomic E-state index is 0.0348.